The first-order valence-electron chi connectivity index (χ1n) is 9.00. The second-order valence-corrected chi connectivity index (χ2v) is 9.18. The lowest BCUT2D eigenvalue weighted by Crippen LogP contribution is -2.43. The van der Waals surface area contributed by atoms with Crippen LogP contribution in [0.4, 0.5) is 24.0 Å². The van der Waals surface area contributed by atoms with E-state index in [1.165, 1.54) is 15.8 Å². The molecule has 30 heavy (non-hydrogen) atoms. The fourth-order valence-corrected chi connectivity index (χ4v) is 4.73. The number of alkyl halides is 3. The number of anilines is 2. The van der Waals surface area contributed by atoms with Gasteiger partial charge in [0, 0.05) is 30.8 Å². The monoisotopic (exact) mass is 466 g/mol. The summed E-state index contributed by atoms with van der Waals surface area (Å²) in [4.78, 5) is 4.09. The number of aliphatic hydroxyl groups is 1. The number of hydrogen-bond donors (Lipinski definition) is 3. The van der Waals surface area contributed by atoms with Crippen LogP contribution in [0.2, 0.25) is 0 Å². The number of hydrogen-bond acceptors (Lipinski definition) is 7. The van der Waals surface area contributed by atoms with E-state index in [0.29, 0.717) is 18.6 Å². The zero-order chi connectivity index (χ0) is 21.9. The smallest absolute Gasteiger partial charge is 0.380 e. The maximum absolute atomic E-state index is 12.9. The molecule has 1 aliphatic heterocycles. The minimum Gasteiger partial charge on any atom is -0.380 e. The summed E-state index contributed by atoms with van der Waals surface area (Å²) in [5.74, 6) is 0. The molecule has 1 aliphatic rings. The van der Waals surface area contributed by atoms with Crippen LogP contribution < -0.4 is 10.0 Å². The molecule has 1 atom stereocenters. The molecule has 2 aromatic rings. The van der Waals surface area contributed by atoms with Gasteiger partial charge in [-0.15, -0.1) is 11.3 Å². The Kier molecular flexibility index (Phi) is 6.99. The van der Waals surface area contributed by atoms with E-state index in [0.717, 1.165) is 23.5 Å². The Labute approximate surface area is 175 Å². The normalized spacial score (nSPS) is 17.5. The van der Waals surface area contributed by atoms with E-state index in [1.807, 2.05) is 0 Å². The molecule has 1 aromatic carbocycles. The Morgan fingerprint density at radius 1 is 1.30 bits per heavy atom. The third kappa shape index (κ3) is 5.68. The maximum atomic E-state index is 12.9. The van der Waals surface area contributed by atoms with Gasteiger partial charge in [-0.05, 0) is 31.0 Å². The molecule has 3 N–H and O–H groups in total. The van der Waals surface area contributed by atoms with Gasteiger partial charge < -0.3 is 15.2 Å². The highest BCUT2D eigenvalue weighted by Crippen LogP contribution is 2.33. The zero-order valence-electron chi connectivity index (χ0n) is 15.9. The summed E-state index contributed by atoms with van der Waals surface area (Å²) in [6.45, 7) is 2.80. The standard InChI is InChI=1S/C17H21F3N4O4S2/c1-11-3-4-12(17(18,19)20)9-13(11)21-16-22-14(10-29-16)15(25)23-30(26,27)24-5-2-7-28-8-6-24/h3-4,9-10,15,23,25H,2,5-8H2,1H3,(H,21,22). The summed E-state index contributed by atoms with van der Waals surface area (Å²) in [6.07, 6.45) is -5.54. The molecule has 0 saturated carbocycles. The highest BCUT2D eigenvalue weighted by molar-refractivity contribution is 7.87. The van der Waals surface area contributed by atoms with Gasteiger partial charge in [-0.3, -0.25) is 0 Å². The topological polar surface area (TPSA) is 104 Å². The molecular formula is C17H21F3N4O4S2. The van der Waals surface area contributed by atoms with Gasteiger partial charge in [0.15, 0.2) is 11.4 Å². The van der Waals surface area contributed by atoms with Gasteiger partial charge in [-0.2, -0.15) is 30.6 Å². The van der Waals surface area contributed by atoms with E-state index in [2.05, 4.69) is 15.0 Å². The quantitative estimate of drug-likeness (QED) is 0.566. The molecule has 0 amide bonds. The molecule has 13 heteroatoms. The van der Waals surface area contributed by atoms with Crippen molar-refractivity contribution in [3.8, 4) is 0 Å². The molecule has 166 valence electrons. The average Bonchev–Trinajstić information content (AvgIpc) is 2.94. The molecular weight excluding hydrogens is 445 g/mol. The first-order chi connectivity index (χ1) is 14.1. The number of aliphatic hydroxyl groups excluding tert-OH is 1. The summed E-state index contributed by atoms with van der Waals surface area (Å²) in [5, 5.41) is 14.7. The number of thiazole rings is 1. The fourth-order valence-electron chi connectivity index (χ4n) is 2.76. The van der Waals surface area contributed by atoms with E-state index < -0.39 is 28.2 Å². The van der Waals surface area contributed by atoms with E-state index >= 15 is 0 Å². The van der Waals surface area contributed by atoms with Crippen molar-refractivity contribution in [2.45, 2.75) is 25.7 Å². The zero-order valence-corrected chi connectivity index (χ0v) is 17.6. The van der Waals surface area contributed by atoms with Crippen LogP contribution in [-0.2, 0) is 21.1 Å². The van der Waals surface area contributed by atoms with Gasteiger partial charge in [0.2, 0.25) is 0 Å². The SMILES string of the molecule is Cc1ccc(C(F)(F)F)cc1Nc1nc(C(O)NS(=O)(=O)N2CCCOCC2)cs1. The number of halogens is 3. The lowest BCUT2D eigenvalue weighted by Gasteiger charge is -2.21. The second kappa shape index (κ2) is 9.16. The van der Waals surface area contributed by atoms with Crippen LogP contribution >= 0.6 is 11.3 Å². The number of benzene rings is 1. The fraction of sp³-hybridized carbons (Fsp3) is 0.471. The lowest BCUT2D eigenvalue weighted by atomic mass is 10.1. The van der Waals surface area contributed by atoms with Crippen molar-refractivity contribution < 1.29 is 31.4 Å². The van der Waals surface area contributed by atoms with E-state index in [-0.39, 0.29) is 36.2 Å². The Hall–Kier alpha value is -1.77. The van der Waals surface area contributed by atoms with E-state index in [9.17, 15) is 26.7 Å². The van der Waals surface area contributed by atoms with Crippen molar-refractivity contribution in [2.24, 2.45) is 0 Å². The number of rotatable bonds is 6. The van der Waals surface area contributed by atoms with Gasteiger partial charge >= 0.3 is 6.18 Å². The summed E-state index contributed by atoms with van der Waals surface area (Å²) >= 11 is 1.03. The van der Waals surface area contributed by atoms with Gasteiger partial charge in [-0.1, -0.05) is 6.07 Å². The number of aromatic nitrogens is 1. The minimum absolute atomic E-state index is 0.0294. The lowest BCUT2D eigenvalue weighted by molar-refractivity contribution is -0.137. The van der Waals surface area contributed by atoms with Crippen molar-refractivity contribution in [2.75, 3.05) is 31.6 Å². The predicted molar refractivity (Wildman–Crippen MR) is 106 cm³/mol. The van der Waals surface area contributed by atoms with Crippen LogP contribution in [0.1, 0.15) is 29.5 Å². The molecule has 1 saturated heterocycles. The minimum atomic E-state index is -4.48. The molecule has 1 fully saturated rings. The molecule has 0 spiro atoms. The van der Waals surface area contributed by atoms with Crippen LogP contribution in [0.25, 0.3) is 0 Å². The van der Waals surface area contributed by atoms with Crippen LogP contribution in [0, 0.1) is 6.92 Å². The Morgan fingerprint density at radius 3 is 2.80 bits per heavy atom. The third-order valence-corrected chi connectivity index (χ3v) is 6.73. The van der Waals surface area contributed by atoms with Crippen molar-refractivity contribution in [3.63, 3.8) is 0 Å². The first-order valence-corrected chi connectivity index (χ1v) is 11.3. The molecule has 1 aromatic heterocycles. The number of ether oxygens (including phenoxy) is 1. The third-order valence-electron chi connectivity index (χ3n) is 4.39. The van der Waals surface area contributed by atoms with E-state index in [4.69, 9.17) is 4.74 Å². The largest absolute Gasteiger partial charge is 0.416 e. The Balaban J connectivity index is 1.70. The second-order valence-electron chi connectivity index (χ2n) is 6.62. The van der Waals surface area contributed by atoms with Gasteiger partial charge in [0.1, 0.15) is 0 Å². The molecule has 0 bridgehead atoms. The average molecular weight is 467 g/mol. The maximum Gasteiger partial charge on any atom is 0.416 e. The molecule has 3 rings (SSSR count). The van der Waals surface area contributed by atoms with Crippen molar-refractivity contribution in [1.29, 1.82) is 0 Å². The predicted octanol–water partition coefficient (Wildman–Crippen LogP) is 2.76. The Morgan fingerprint density at radius 2 is 2.07 bits per heavy atom. The van der Waals surface area contributed by atoms with Crippen LogP contribution in [-0.4, -0.2) is 49.1 Å². The van der Waals surface area contributed by atoms with Crippen molar-refractivity contribution in [3.05, 3.63) is 40.4 Å². The van der Waals surface area contributed by atoms with Gasteiger partial charge in [0.25, 0.3) is 10.2 Å². The highest BCUT2D eigenvalue weighted by atomic mass is 32.2. The van der Waals surface area contributed by atoms with Crippen molar-refractivity contribution >= 4 is 32.4 Å². The molecule has 8 nitrogen and oxygen atoms in total. The van der Waals surface area contributed by atoms with E-state index in [1.54, 1.807) is 6.92 Å². The summed E-state index contributed by atoms with van der Waals surface area (Å²) in [7, 11) is -3.96. The van der Waals surface area contributed by atoms with Crippen LogP contribution in [0.3, 0.4) is 0 Å². The number of nitrogens with one attached hydrogen (secondary N) is 2. The first kappa shape index (κ1) is 22.9. The molecule has 2 heterocycles. The van der Waals surface area contributed by atoms with Crippen molar-refractivity contribution in [1.82, 2.24) is 14.0 Å². The van der Waals surface area contributed by atoms with Gasteiger partial charge in [-0.25, -0.2) is 4.98 Å². The Bertz CT molecular complexity index is 974. The van der Waals surface area contributed by atoms with Crippen LogP contribution in [0.15, 0.2) is 23.6 Å². The molecule has 1 unspecified atom stereocenters. The number of nitrogens with zero attached hydrogens (tertiary/aromatic N) is 2. The highest BCUT2D eigenvalue weighted by Gasteiger charge is 2.31. The van der Waals surface area contributed by atoms with Crippen LogP contribution in [0.5, 0.6) is 0 Å². The summed E-state index contributed by atoms with van der Waals surface area (Å²) < 4.78 is 72.3. The molecule has 0 aliphatic carbocycles. The summed E-state index contributed by atoms with van der Waals surface area (Å²) in [6, 6.07) is 3.30. The molecule has 0 radical (unpaired) electrons. The van der Waals surface area contributed by atoms with Gasteiger partial charge in [0.05, 0.1) is 17.9 Å². The summed E-state index contributed by atoms with van der Waals surface area (Å²) in [5.41, 5.74) is 0.0122. The number of aryl methyl sites for hydroxylation is 1.